The largest absolute Gasteiger partial charge is 0.494 e. The van der Waals surface area contributed by atoms with Gasteiger partial charge in [0.05, 0.1) is 17.1 Å². The Hall–Kier alpha value is -2.65. The molecule has 9 heteroatoms. The summed E-state index contributed by atoms with van der Waals surface area (Å²) >= 11 is 0. The van der Waals surface area contributed by atoms with Crippen molar-refractivity contribution in [3.8, 4) is 11.5 Å². The first-order valence-corrected chi connectivity index (χ1v) is 9.94. The maximum Gasteiger partial charge on any atom is 0.341 e. The summed E-state index contributed by atoms with van der Waals surface area (Å²) in [6.07, 6.45) is 0. The molecule has 0 N–H and O–H groups in total. The number of sulfonamides is 1. The van der Waals surface area contributed by atoms with Crippen LogP contribution in [0.25, 0.3) is 0 Å². The van der Waals surface area contributed by atoms with Gasteiger partial charge in [-0.05, 0) is 49.4 Å². The number of ether oxygens (including phenoxy) is 3. The number of carbonyl (C=O) groups is 1. The molecule has 0 bridgehead atoms. The van der Waals surface area contributed by atoms with Crippen LogP contribution in [-0.2, 0) is 14.8 Å². The van der Waals surface area contributed by atoms with Gasteiger partial charge in [-0.3, -0.25) is 0 Å². The zero-order valence-electron chi connectivity index (χ0n) is 15.8. The highest BCUT2D eigenvalue weighted by Crippen LogP contribution is 2.19. The van der Waals surface area contributed by atoms with Gasteiger partial charge in [-0.2, -0.15) is 0 Å². The number of benzene rings is 2. The number of hydrogen-bond donors (Lipinski definition) is 0. The lowest BCUT2D eigenvalue weighted by molar-refractivity contribution is 0.0445. The number of halogens is 1. The summed E-state index contributed by atoms with van der Waals surface area (Å²) in [5.41, 5.74) is -0.455. The average Bonchev–Trinajstić information content (AvgIpc) is 2.66. The Morgan fingerprint density at radius 1 is 1.00 bits per heavy atom. The second-order valence-electron chi connectivity index (χ2n) is 5.82. The molecule has 0 saturated heterocycles. The molecule has 0 spiro atoms. The monoisotopic (exact) mass is 411 g/mol. The Bertz CT molecular complexity index is 913. The van der Waals surface area contributed by atoms with Crippen molar-refractivity contribution in [1.29, 1.82) is 0 Å². The zero-order chi connectivity index (χ0) is 20.7. The van der Waals surface area contributed by atoms with Gasteiger partial charge in [-0.25, -0.2) is 21.9 Å². The van der Waals surface area contributed by atoms with Crippen molar-refractivity contribution in [3.63, 3.8) is 0 Å². The van der Waals surface area contributed by atoms with E-state index in [1.165, 1.54) is 14.1 Å². The Labute approximate surface area is 163 Å². The lowest BCUT2D eigenvalue weighted by Gasteiger charge is -2.13. The maximum atomic E-state index is 13.9. The van der Waals surface area contributed by atoms with Crippen LogP contribution in [0.2, 0.25) is 0 Å². The number of carbonyl (C=O) groups excluding carboxylic acids is 1. The molecule has 0 fully saturated rings. The lowest BCUT2D eigenvalue weighted by atomic mass is 10.2. The van der Waals surface area contributed by atoms with Crippen molar-refractivity contribution in [1.82, 2.24) is 4.31 Å². The van der Waals surface area contributed by atoms with Gasteiger partial charge in [-0.1, -0.05) is 0 Å². The van der Waals surface area contributed by atoms with Gasteiger partial charge in [0, 0.05) is 14.1 Å². The molecule has 2 aromatic rings. The standard InChI is InChI=1S/C19H22FNO6S/c1-4-25-14-5-7-15(8-6-14)26-11-12-27-19(22)17-13-16(9-10-18(17)20)28(23,24)21(2)3/h5-10,13H,4,11-12H2,1-3H3. The molecule has 0 saturated carbocycles. The molecule has 7 nitrogen and oxygen atoms in total. The van der Waals surface area contributed by atoms with Crippen molar-refractivity contribution in [2.75, 3.05) is 33.9 Å². The lowest BCUT2D eigenvalue weighted by Crippen LogP contribution is -2.23. The minimum atomic E-state index is -3.79. The van der Waals surface area contributed by atoms with E-state index in [9.17, 15) is 17.6 Å². The molecule has 0 aliphatic heterocycles. The molecular formula is C19H22FNO6S. The van der Waals surface area contributed by atoms with E-state index < -0.39 is 27.4 Å². The van der Waals surface area contributed by atoms with Crippen molar-refractivity contribution >= 4 is 16.0 Å². The van der Waals surface area contributed by atoms with E-state index in [0.717, 1.165) is 22.5 Å². The molecule has 0 aliphatic carbocycles. The van der Waals surface area contributed by atoms with Crippen molar-refractivity contribution in [2.24, 2.45) is 0 Å². The third kappa shape index (κ3) is 5.43. The molecule has 28 heavy (non-hydrogen) atoms. The van der Waals surface area contributed by atoms with Gasteiger partial charge in [0.15, 0.2) is 0 Å². The Kier molecular flexibility index (Phi) is 7.36. The van der Waals surface area contributed by atoms with Gasteiger partial charge in [0.1, 0.15) is 30.5 Å². The Morgan fingerprint density at radius 2 is 1.61 bits per heavy atom. The van der Waals surface area contributed by atoms with Crippen LogP contribution in [0.3, 0.4) is 0 Å². The zero-order valence-corrected chi connectivity index (χ0v) is 16.7. The van der Waals surface area contributed by atoms with Gasteiger partial charge >= 0.3 is 5.97 Å². The van der Waals surface area contributed by atoms with Crippen molar-refractivity contribution in [3.05, 3.63) is 53.8 Å². The van der Waals surface area contributed by atoms with Gasteiger partial charge in [0.25, 0.3) is 0 Å². The fraction of sp³-hybridized carbons (Fsp3) is 0.316. The van der Waals surface area contributed by atoms with Crippen LogP contribution in [0.15, 0.2) is 47.4 Å². The van der Waals surface area contributed by atoms with Crippen LogP contribution in [0.1, 0.15) is 17.3 Å². The minimum absolute atomic E-state index is 0.0526. The predicted octanol–water partition coefficient (Wildman–Crippen LogP) is 2.71. The second-order valence-corrected chi connectivity index (χ2v) is 7.97. The predicted molar refractivity (Wildman–Crippen MR) is 101 cm³/mol. The smallest absolute Gasteiger partial charge is 0.341 e. The van der Waals surface area contributed by atoms with E-state index in [2.05, 4.69) is 0 Å². The summed E-state index contributed by atoms with van der Waals surface area (Å²) in [6, 6.07) is 9.89. The third-order valence-corrected chi connectivity index (χ3v) is 5.47. The van der Waals surface area contributed by atoms with Crippen molar-refractivity contribution < 1.29 is 31.8 Å². The molecule has 0 radical (unpaired) electrons. The van der Waals surface area contributed by atoms with Crippen molar-refractivity contribution in [2.45, 2.75) is 11.8 Å². The fourth-order valence-electron chi connectivity index (χ4n) is 2.20. The third-order valence-electron chi connectivity index (χ3n) is 3.66. The summed E-state index contributed by atoms with van der Waals surface area (Å²) in [5.74, 6) is -0.562. The summed E-state index contributed by atoms with van der Waals surface area (Å²) in [4.78, 5) is 11.9. The number of rotatable bonds is 9. The molecule has 0 heterocycles. The van der Waals surface area contributed by atoms with Crippen LogP contribution in [0, 0.1) is 5.82 Å². The van der Waals surface area contributed by atoms with Crippen LogP contribution in [0.4, 0.5) is 4.39 Å². The first-order chi connectivity index (χ1) is 13.3. The molecule has 2 aromatic carbocycles. The molecule has 152 valence electrons. The Morgan fingerprint density at radius 3 is 2.18 bits per heavy atom. The highest BCUT2D eigenvalue weighted by Gasteiger charge is 2.22. The summed E-state index contributed by atoms with van der Waals surface area (Å²) in [7, 11) is -1.11. The molecule has 2 rings (SSSR count). The van der Waals surface area contributed by atoms with E-state index in [0.29, 0.717) is 18.1 Å². The molecular weight excluding hydrogens is 389 g/mol. The highest BCUT2D eigenvalue weighted by atomic mass is 32.2. The second kappa shape index (κ2) is 9.52. The Balaban J connectivity index is 1.94. The first-order valence-electron chi connectivity index (χ1n) is 8.50. The van der Waals surface area contributed by atoms with E-state index in [4.69, 9.17) is 14.2 Å². The van der Waals surface area contributed by atoms with Crippen LogP contribution >= 0.6 is 0 Å². The molecule has 0 atom stereocenters. The number of hydrogen-bond acceptors (Lipinski definition) is 6. The van der Waals surface area contributed by atoms with Crippen LogP contribution < -0.4 is 9.47 Å². The van der Waals surface area contributed by atoms with E-state index in [-0.39, 0.29) is 18.1 Å². The fourth-order valence-corrected chi connectivity index (χ4v) is 3.13. The van der Waals surface area contributed by atoms with Gasteiger partial charge in [0.2, 0.25) is 10.0 Å². The minimum Gasteiger partial charge on any atom is -0.494 e. The van der Waals surface area contributed by atoms with Crippen LogP contribution in [-0.4, -0.2) is 52.6 Å². The molecule has 0 unspecified atom stereocenters. The maximum absolute atomic E-state index is 13.9. The number of nitrogens with zero attached hydrogens (tertiary/aromatic N) is 1. The summed E-state index contributed by atoms with van der Waals surface area (Å²) in [5, 5.41) is 0. The van der Waals surface area contributed by atoms with Crippen LogP contribution in [0.5, 0.6) is 11.5 Å². The quantitative estimate of drug-likeness (QED) is 0.466. The highest BCUT2D eigenvalue weighted by molar-refractivity contribution is 7.89. The molecule has 0 aliphatic rings. The molecule has 0 aromatic heterocycles. The average molecular weight is 411 g/mol. The SMILES string of the molecule is CCOc1ccc(OCCOC(=O)c2cc(S(=O)(=O)N(C)C)ccc2F)cc1. The van der Waals surface area contributed by atoms with E-state index in [1.807, 2.05) is 6.92 Å². The topological polar surface area (TPSA) is 82.1 Å². The van der Waals surface area contributed by atoms with Gasteiger partial charge in [-0.15, -0.1) is 0 Å². The normalized spacial score (nSPS) is 11.3. The van der Waals surface area contributed by atoms with Gasteiger partial charge < -0.3 is 14.2 Å². The first kappa shape index (κ1) is 21.6. The summed E-state index contributed by atoms with van der Waals surface area (Å²) in [6.45, 7) is 2.37. The van der Waals surface area contributed by atoms with E-state index in [1.54, 1.807) is 24.3 Å². The molecule has 0 amide bonds. The summed E-state index contributed by atoms with van der Waals surface area (Å²) < 4.78 is 54.9. The van der Waals surface area contributed by atoms with E-state index >= 15 is 0 Å². The number of esters is 1.